The molecule has 1 saturated heterocycles. The Labute approximate surface area is 257 Å². The molecule has 0 radical (unpaired) electrons. The van der Waals surface area contributed by atoms with Crippen LogP contribution in [0.25, 0.3) is 16.9 Å². The Morgan fingerprint density at radius 1 is 1.05 bits per heavy atom. The number of benzene rings is 3. The van der Waals surface area contributed by atoms with E-state index in [0.717, 1.165) is 70.9 Å². The van der Waals surface area contributed by atoms with Crippen molar-refractivity contribution < 1.29 is 13.9 Å². The lowest BCUT2D eigenvalue weighted by Gasteiger charge is -2.31. The van der Waals surface area contributed by atoms with E-state index in [1.807, 2.05) is 72.5 Å². The third-order valence-corrected chi connectivity index (χ3v) is 8.35. The van der Waals surface area contributed by atoms with Crippen LogP contribution in [0.2, 0.25) is 5.02 Å². The molecule has 0 bridgehead atoms. The fraction of sp³-hybridized carbons (Fsp3) is 0.229. The molecule has 220 valence electrons. The van der Waals surface area contributed by atoms with E-state index in [1.165, 1.54) is 0 Å². The lowest BCUT2D eigenvalue weighted by Crippen LogP contribution is -2.43. The van der Waals surface area contributed by atoms with Crippen LogP contribution in [-0.4, -0.2) is 39.2 Å². The smallest absolute Gasteiger partial charge is 0.294 e. The Hall–Kier alpha value is -4.46. The van der Waals surface area contributed by atoms with E-state index in [0.29, 0.717) is 35.4 Å². The number of amides is 1. The predicted octanol–water partition coefficient (Wildman–Crippen LogP) is 6.61. The third kappa shape index (κ3) is 5.91. The van der Waals surface area contributed by atoms with Crippen molar-refractivity contribution in [3.63, 3.8) is 0 Å². The van der Waals surface area contributed by atoms with Crippen LogP contribution in [-0.2, 0) is 17.7 Å². The number of carbonyl (C=O) groups excluding carboxylic acids is 1. The number of halogens is 1. The van der Waals surface area contributed by atoms with Gasteiger partial charge in [-0.25, -0.2) is 0 Å². The minimum absolute atomic E-state index is 0.173. The van der Waals surface area contributed by atoms with Gasteiger partial charge in [0.15, 0.2) is 11.6 Å². The second kappa shape index (κ2) is 12.4. The van der Waals surface area contributed by atoms with Crippen molar-refractivity contribution in [1.82, 2.24) is 5.32 Å². The first kappa shape index (κ1) is 28.6. The lowest BCUT2D eigenvalue weighted by atomic mass is 9.98. The van der Waals surface area contributed by atoms with Gasteiger partial charge in [0.1, 0.15) is 5.76 Å². The van der Waals surface area contributed by atoms with Crippen molar-refractivity contribution in [3.05, 3.63) is 124 Å². The number of nitrogens with two attached hydrogens (primary N) is 1. The van der Waals surface area contributed by atoms with E-state index < -0.39 is 0 Å². The van der Waals surface area contributed by atoms with E-state index in [-0.39, 0.29) is 5.91 Å². The number of ether oxygens (including phenoxy) is 1. The van der Waals surface area contributed by atoms with Crippen LogP contribution < -0.4 is 20.9 Å². The molecule has 0 spiro atoms. The SMILES string of the molecule is C/C=C(\C=C(/N)OC)c1ccccc1CN1C(=O)c2oc(-c3ccc(Cl)cc3)cc2Cc2cc(N3CCNCC3)ccc21. The van der Waals surface area contributed by atoms with Crippen molar-refractivity contribution in [1.29, 1.82) is 0 Å². The molecule has 1 fully saturated rings. The maximum absolute atomic E-state index is 14.4. The van der Waals surface area contributed by atoms with E-state index in [1.54, 1.807) is 13.2 Å². The molecule has 0 aliphatic carbocycles. The highest BCUT2D eigenvalue weighted by Crippen LogP contribution is 2.38. The molecule has 4 aromatic rings. The van der Waals surface area contributed by atoms with Gasteiger partial charge in [-0.05, 0) is 77.7 Å². The van der Waals surface area contributed by atoms with Crippen LogP contribution in [0.3, 0.4) is 0 Å². The fourth-order valence-corrected chi connectivity index (χ4v) is 5.95. The molecule has 0 unspecified atom stereocenters. The van der Waals surface area contributed by atoms with Crippen molar-refractivity contribution >= 4 is 34.5 Å². The van der Waals surface area contributed by atoms with Gasteiger partial charge in [0.2, 0.25) is 0 Å². The summed E-state index contributed by atoms with van der Waals surface area (Å²) >= 11 is 6.14. The van der Waals surface area contributed by atoms with E-state index >= 15 is 0 Å². The normalized spacial score (nSPS) is 15.7. The van der Waals surface area contributed by atoms with Gasteiger partial charge in [-0.3, -0.25) is 4.79 Å². The number of fused-ring (bicyclic) bond motifs is 2. The molecule has 3 N–H and O–H groups in total. The summed E-state index contributed by atoms with van der Waals surface area (Å²) in [6.45, 7) is 6.09. The quantitative estimate of drug-likeness (QED) is 0.185. The average Bonchev–Trinajstić information content (AvgIpc) is 3.42. The summed E-state index contributed by atoms with van der Waals surface area (Å²) in [5.74, 6) is 1.15. The topological polar surface area (TPSA) is 84.0 Å². The van der Waals surface area contributed by atoms with Gasteiger partial charge < -0.3 is 30.0 Å². The molecular weight excluding hydrogens is 560 g/mol. The van der Waals surface area contributed by atoms with Crippen LogP contribution in [0.1, 0.15) is 39.7 Å². The molecule has 6 rings (SSSR count). The highest BCUT2D eigenvalue weighted by Gasteiger charge is 2.32. The lowest BCUT2D eigenvalue weighted by molar-refractivity contribution is 0.0959. The Bertz CT molecular complexity index is 1700. The van der Waals surface area contributed by atoms with Crippen LogP contribution in [0.4, 0.5) is 11.4 Å². The van der Waals surface area contributed by atoms with Crippen molar-refractivity contribution in [2.24, 2.45) is 5.73 Å². The zero-order valence-electron chi connectivity index (χ0n) is 24.4. The van der Waals surface area contributed by atoms with Gasteiger partial charge in [-0.1, -0.05) is 41.9 Å². The highest BCUT2D eigenvalue weighted by molar-refractivity contribution is 6.30. The number of hydrogen-bond donors (Lipinski definition) is 2. The molecule has 3 aromatic carbocycles. The number of allylic oxidation sites excluding steroid dienone is 3. The van der Waals surface area contributed by atoms with Gasteiger partial charge in [-0.2, -0.15) is 0 Å². The minimum Gasteiger partial charge on any atom is -0.483 e. The van der Waals surface area contributed by atoms with Crippen LogP contribution in [0, 0.1) is 0 Å². The number of carbonyl (C=O) groups is 1. The second-order valence-corrected chi connectivity index (χ2v) is 11.2. The zero-order chi connectivity index (χ0) is 29.9. The number of methoxy groups -OCH3 is 1. The summed E-state index contributed by atoms with van der Waals surface area (Å²) in [4.78, 5) is 18.6. The molecule has 1 amide bonds. The van der Waals surface area contributed by atoms with Crippen LogP contribution in [0.5, 0.6) is 0 Å². The van der Waals surface area contributed by atoms with Crippen LogP contribution >= 0.6 is 11.6 Å². The summed E-state index contributed by atoms with van der Waals surface area (Å²) < 4.78 is 11.6. The van der Waals surface area contributed by atoms with Gasteiger partial charge >= 0.3 is 0 Å². The predicted molar refractivity (Wildman–Crippen MR) is 173 cm³/mol. The summed E-state index contributed by atoms with van der Waals surface area (Å²) in [5, 5.41) is 4.07. The largest absolute Gasteiger partial charge is 0.483 e. The summed E-state index contributed by atoms with van der Waals surface area (Å²) in [6, 6.07) is 24.0. The highest BCUT2D eigenvalue weighted by atomic mass is 35.5. The Morgan fingerprint density at radius 2 is 1.81 bits per heavy atom. The van der Waals surface area contributed by atoms with Gasteiger partial charge in [0, 0.05) is 66.2 Å². The molecule has 7 nitrogen and oxygen atoms in total. The molecule has 1 aromatic heterocycles. The number of nitrogens with zero attached hydrogens (tertiary/aromatic N) is 2. The van der Waals surface area contributed by atoms with Crippen molar-refractivity contribution in [3.8, 4) is 11.3 Å². The maximum Gasteiger partial charge on any atom is 0.294 e. The van der Waals surface area contributed by atoms with Crippen molar-refractivity contribution in [2.75, 3.05) is 43.1 Å². The number of rotatable bonds is 7. The first-order valence-corrected chi connectivity index (χ1v) is 14.9. The molecule has 0 atom stereocenters. The Morgan fingerprint density at radius 3 is 2.56 bits per heavy atom. The third-order valence-electron chi connectivity index (χ3n) is 8.10. The fourth-order valence-electron chi connectivity index (χ4n) is 5.83. The molecule has 0 saturated carbocycles. The number of furan rings is 1. The first-order valence-electron chi connectivity index (χ1n) is 14.5. The Balaban J connectivity index is 1.45. The monoisotopic (exact) mass is 594 g/mol. The Kier molecular flexibility index (Phi) is 8.27. The van der Waals surface area contributed by atoms with Crippen molar-refractivity contribution in [2.45, 2.75) is 19.9 Å². The van der Waals surface area contributed by atoms with Gasteiger partial charge in [0.25, 0.3) is 5.91 Å². The van der Waals surface area contributed by atoms with Crippen LogP contribution in [0.15, 0.2) is 95.2 Å². The number of hydrogen-bond acceptors (Lipinski definition) is 6. The first-order chi connectivity index (χ1) is 20.9. The van der Waals surface area contributed by atoms with Gasteiger partial charge in [0.05, 0.1) is 13.7 Å². The summed E-state index contributed by atoms with van der Waals surface area (Å²) in [7, 11) is 1.55. The minimum atomic E-state index is -0.173. The molecule has 3 heterocycles. The second-order valence-electron chi connectivity index (χ2n) is 10.7. The summed E-state index contributed by atoms with van der Waals surface area (Å²) in [6.07, 6.45) is 4.38. The molecular formula is C35H35ClN4O3. The van der Waals surface area contributed by atoms with E-state index in [9.17, 15) is 4.79 Å². The molecule has 2 aliphatic rings. The molecule has 2 aliphatic heterocycles. The average molecular weight is 595 g/mol. The number of piperazine rings is 1. The number of nitrogens with one attached hydrogen (secondary N) is 1. The standard InChI is InChI=1S/C35H35ClN4O3/c1-3-23(21-33(37)42-2)30-7-5-4-6-25(30)22-40-31-13-12-29(39-16-14-38-15-17-39)19-26(31)18-27-20-32(43-34(27)35(40)41)24-8-10-28(36)11-9-24/h3-13,19-21,38H,14-18,22,37H2,1-2H3/b23-3+,33-21+. The van der Waals surface area contributed by atoms with E-state index in [2.05, 4.69) is 28.4 Å². The number of anilines is 2. The zero-order valence-corrected chi connectivity index (χ0v) is 25.2. The summed E-state index contributed by atoms with van der Waals surface area (Å²) in [5.41, 5.74) is 13.8. The molecule has 43 heavy (non-hydrogen) atoms. The van der Waals surface area contributed by atoms with E-state index in [4.69, 9.17) is 26.5 Å². The molecule has 8 heteroatoms. The maximum atomic E-state index is 14.4. The van der Waals surface area contributed by atoms with Gasteiger partial charge in [-0.15, -0.1) is 0 Å².